The summed E-state index contributed by atoms with van der Waals surface area (Å²) in [6, 6.07) is -0.0766. The van der Waals surface area contributed by atoms with Gasteiger partial charge in [0.1, 0.15) is 6.04 Å². The zero-order chi connectivity index (χ0) is 14.4. The third-order valence-electron chi connectivity index (χ3n) is 3.58. The number of rotatable bonds is 6. The Balaban J connectivity index is 2.56. The number of nitrogens with one attached hydrogen (secondary N) is 2. The number of amides is 2. The van der Waals surface area contributed by atoms with Gasteiger partial charge in [0.15, 0.2) is 0 Å². The summed E-state index contributed by atoms with van der Waals surface area (Å²) in [7, 11) is 1.86. The molecule has 1 heterocycles. The first kappa shape index (κ1) is 16.3. The highest BCUT2D eigenvalue weighted by atomic mass is 32.2. The molecule has 1 saturated heterocycles. The number of carbonyl (C=O) groups excluding carboxylic acids is 2. The summed E-state index contributed by atoms with van der Waals surface area (Å²) in [4.78, 5) is 26.1. The molecule has 1 aliphatic rings. The second kappa shape index (κ2) is 7.75. The van der Waals surface area contributed by atoms with Crippen LogP contribution >= 0.6 is 11.8 Å². The summed E-state index contributed by atoms with van der Waals surface area (Å²) in [5.41, 5.74) is 0. The standard InChI is InChI=1S/C13H25N3O2S/c1-5-9(2)13(18)16-8-19-7-11(16)12(17)15-6-10(3)14-4/h9-11,14H,5-8H2,1-4H3,(H,15,17). The van der Waals surface area contributed by atoms with E-state index in [1.54, 1.807) is 16.7 Å². The van der Waals surface area contributed by atoms with E-state index in [1.165, 1.54) is 0 Å². The van der Waals surface area contributed by atoms with Crippen molar-refractivity contribution in [3.8, 4) is 0 Å². The van der Waals surface area contributed by atoms with Crippen LogP contribution < -0.4 is 10.6 Å². The number of nitrogens with zero attached hydrogens (tertiary/aromatic N) is 1. The minimum Gasteiger partial charge on any atom is -0.353 e. The third kappa shape index (κ3) is 4.38. The summed E-state index contributed by atoms with van der Waals surface area (Å²) in [6.07, 6.45) is 0.811. The summed E-state index contributed by atoms with van der Waals surface area (Å²) >= 11 is 1.64. The molecule has 0 spiro atoms. The van der Waals surface area contributed by atoms with E-state index in [2.05, 4.69) is 10.6 Å². The second-order valence-electron chi connectivity index (χ2n) is 5.07. The van der Waals surface area contributed by atoms with E-state index in [4.69, 9.17) is 0 Å². The van der Waals surface area contributed by atoms with Crippen LogP contribution in [0.3, 0.4) is 0 Å². The predicted molar refractivity (Wildman–Crippen MR) is 78.9 cm³/mol. The SMILES string of the molecule is CCC(C)C(=O)N1CSCC1C(=O)NCC(C)NC. The monoisotopic (exact) mass is 287 g/mol. The van der Waals surface area contributed by atoms with Crippen molar-refractivity contribution in [2.24, 2.45) is 5.92 Å². The number of thioether (sulfide) groups is 1. The molecule has 0 aromatic carbocycles. The van der Waals surface area contributed by atoms with Crippen molar-refractivity contribution in [3.63, 3.8) is 0 Å². The average molecular weight is 287 g/mol. The molecule has 0 aromatic heterocycles. The van der Waals surface area contributed by atoms with Crippen LogP contribution in [0.4, 0.5) is 0 Å². The van der Waals surface area contributed by atoms with Crippen LogP contribution in [-0.2, 0) is 9.59 Å². The van der Waals surface area contributed by atoms with Gasteiger partial charge in [-0.3, -0.25) is 9.59 Å². The van der Waals surface area contributed by atoms with Gasteiger partial charge in [0.05, 0.1) is 5.88 Å². The van der Waals surface area contributed by atoms with Crippen LogP contribution in [0.15, 0.2) is 0 Å². The van der Waals surface area contributed by atoms with E-state index in [-0.39, 0.29) is 29.8 Å². The summed E-state index contributed by atoms with van der Waals surface area (Å²) in [6.45, 7) is 6.51. The molecule has 2 N–H and O–H groups in total. The highest BCUT2D eigenvalue weighted by Gasteiger charge is 2.35. The van der Waals surface area contributed by atoms with Crippen LogP contribution in [0, 0.1) is 5.92 Å². The molecule has 1 fully saturated rings. The molecule has 0 radical (unpaired) electrons. The average Bonchev–Trinajstić information content (AvgIpc) is 2.91. The fraction of sp³-hybridized carbons (Fsp3) is 0.846. The first-order valence-corrected chi connectivity index (χ1v) is 7.99. The summed E-state index contributed by atoms with van der Waals surface area (Å²) in [5, 5.41) is 5.98. The summed E-state index contributed by atoms with van der Waals surface area (Å²) in [5.74, 6) is 1.37. The predicted octanol–water partition coefficient (Wildman–Crippen LogP) is 0.658. The Bertz CT molecular complexity index is 325. The highest BCUT2D eigenvalue weighted by Crippen LogP contribution is 2.23. The molecule has 2 amide bonds. The van der Waals surface area contributed by atoms with Crippen molar-refractivity contribution in [2.45, 2.75) is 39.3 Å². The van der Waals surface area contributed by atoms with Crippen molar-refractivity contribution in [1.82, 2.24) is 15.5 Å². The molecule has 0 bridgehead atoms. The first-order chi connectivity index (χ1) is 9.01. The smallest absolute Gasteiger partial charge is 0.243 e. The van der Waals surface area contributed by atoms with E-state index < -0.39 is 0 Å². The Morgan fingerprint density at radius 3 is 2.68 bits per heavy atom. The quantitative estimate of drug-likeness (QED) is 0.753. The van der Waals surface area contributed by atoms with Gasteiger partial charge in [-0.05, 0) is 20.4 Å². The van der Waals surface area contributed by atoms with Crippen molar-refractivity contribution in [3.05, 3.63) is 0 Å². The van der Waals surface area contributed by atoms with Crippen molar-refractivity contribution < 1.29 is 9.59 Å². The van der Waals surface area contributed by atoms with Gasteiger partial charge in [-0.1, -0.05) is 13.8 Å². The Kier molecular flexibility index (Phi) is 6.65. The van der Waals surface area contributed by atoms with Crippen LogP contribution in [-0.4, -0.2) is 54.0 Å². The minimum absolute atomic E-state index is 0.00904. The normalized spacial score (nSPS) is 22.1. The second-order valence-corrected chi connectivity index (χ2v) is 6.07. The van der Waals surface area contributed by atoms with Crippen LogP contribution in [0.2, 0.25) is 0 Å². The van der Waals surface area contributed by atoms with Gasteiger partial charge in [-0.25, -0.2) is 0 Å². The molecule has 5 nitrogen and oxygen atoms in total. The van der Waals surface area contributed by atoms with Gasteiger partial charge in [0.2, 0.25) is 11.8 Å². The molecular formula is C13H25N3O2S. The van der Waals surface area contributed by atoms with E-state index >= 15 is 0 Å². The number of carbonyl (C=O) groups is 2. The van der Waals surface area contributed by atoms with E-state index in [0.717, 1.165) is 6.42 Å². The first-order valence-electron chi connectivity index (χ1n) is 6.84. The molecular weight excluding hydrogens is 262 g/mol. The maximum Gasteiger partial charge on any atom is 0.243 e. The van der Waals surface area contributed by atoms with Gasteiger partial charge in [-0.15, -0.1) is 11.8 Å². The lowest BCUT2D eigenvalue weighted by molar-refractivity contribution is -0.140. The Hall–Kier alpha value is -0.750. The van der Waals surface area contributed by atoms with Gasteiger partial charge < -0.3 is 15.5 Å². The zero-order valence-electron chi connectivity index (χ0n) is 12.2. The molecule has 3 unspecified atom stereocenters. The fourth-order valence-electron chi connectivity index (χ4n) is 1.81. The fourth-order valence-corrected chi connectivity index (χ4v) is 2.97. The molecule has 1 aliphatic heterocycles. The molecule has 110 valence electrons. The number of hydrogen-bond donors (Lipinski definition) is 2. The van der Waals surface area contributed by atoms with Crippen molar-refractivity contribution >= 4 is 23.6 Å². The minimum atomic E-state index is -0.310. The molecule has 0 saturated carbocycles. The van der Waals surface area contributed by atoms with E-state index in [1.807, 2.05) is 27.8 Å². The zero-order valence-corrected chi connectivity index (χ0v) is 13.0. The molecule has 0 aromatic rings. The van der Waals surface area contributed by atoms with Crippen LogP contribution in [0.1, 0.15) is 27.2 Å². The lowest BCUT2D eigenvalue weighted by atomic mass is 10.1. The molecule has 3 atom stereocenters. The lowest BCUT2D eigenvalue weighted by Gasteiger charge is -2.26. The Morgan fingerprint density at radius 2 is 2.11 bits per heavy atom. The third-order valence-corrected chi connectivity index (χ3v) is 4.59. The largest absolute Gasteiger partial charge is 0.353 e. The molecule has 0 aliphatic carbocycles. The maximum absolute atomic E-state index is 12.2. The van der Waals surface area contributed by atoms with Gasteiger partial charge in [0, 0.05) is 24.3 Å². The summed E-state index contributed by atoms with van der Waals surface area (Å²) < 4.78 is 0. The topological polar surface area (TPSA) is 61.4 Å². The maximum atomic E-state index is 12.2. The van der Waals surface area contributed by atoms with Gasteiger partial charge in [-0.2, -0.15) is 0 Å². The van der Waals surface area contributed by atoms with E-state index in [9.17, 15) is 9.59 Å². The number of likely N-dealkylation sites (N-methyl/N-ethyl adjacent to an activating group) is 1. The Labute approximate surface area is 119 Å². The van der Waals surface area contributed by atoms with Gasteiger partial charge >= 0.3 is 0 Å². The molecule has 19 heavy (non-hydrogen) atoms. The molecule has 1 rings (SSSR count). The van der Waals surface area contributed by atoms with Crippen molar-refractivity contribution in [1.29, 1.82) is 0 Å². The van der Waals surface area contributed by atoms with Crippen molar-refractivity contribution in [2.75, 3.05) is 25.2 Å². The van der Waals surface area contributed by atoms with Crippen LogP contribution in [0.25, 0.3) is 0 Å². The number of hydrogen-bond acceptors (Lipinski definition) is 4. The highest BCUT2D eigenvalue weighted by molar-refractivity contribution is 7.99. The van der Waals surface area contributed by atoms with Crippen LogP contribution in [0.5, 0.6) is 0 Å². The molecule has 6 heteroatoms. The van der Waals surface area contributed by atoms with Gasteiger partial charge in [0.25, 0.3) is 0 Å². The Morgan fingerprint density at radius 1 is 1.42 bits per heavy atom. The lowest BCUT2D eigenvalue weighted by Crippen LogP contribution is -2.50. The van der Waals surface area contributed by atoms with E-state index in [0.29, 0.717) is 18.2 Å².